The van der Waals surface area contributed by atoms with Crippen molar-refractivity contribution in [2.45, 2.75) is 12.8 Å². The summed E-state index contributed by atoms with van der Waals surface area (Å²) in [5, 5.41) is 1.94. The molecule has 3 aromatic rings. The summed E-state index contributed by atoms with van der Waals surface area (Å²) in [6.07, 6.45) is 1.08. The van der Waals surface area contributed by atoms with Gasteiger partial charge in [0.2, 0.25) is 5.91 Å². The lowest BCUT2D eigenvalue weighted by atomic mass is 10.1. The van der Waals surface area contributed by atoms with Gasteiger partial charge in [-0.3, -0.25) is 14.4 Å². The van der Waals surface area contributed by atoms with Crippen molar-refractivity contribution < 1.29 is 14.3 Å². The maximum absolute atomic E-state index is 12.9. The van der Waals surface area contributed by atoms with Crippen LogP contribution in [0.15, 0.2) is 58.7 Å². The van der Waals surface area contributed by atoms with Crippen molar-refractivity contribution in [2.75, 3.05) is 33.3 Å². The summed E-state index contributed by atoms with van der Waals surface area (Å²) in [5.74, 6) is 0.571. The highest BCUT2D eigenvalue weighted by molar-refractivity contribution is 7.13. The van der Waals surface area contributed by atoms with Crippen LogP contribution in [-0.4, -0.2) is 59.9 Å². The number of piperazine rings is 1. The van der Waals surface area contributed by atoms with Crippen molar-refractivity contribution >= 4 is 23.2 Å². The molecule has 1 fully saturated rings. The van der Waals surface area contributed by atoms with Crippen LogP contribution < -0.4 is 10.3 Å². The number of thiophene rings is 1. The number of rotatable bonds is 6. The first-order chi connectivity index (χ1) is 15.5. The van der Waals surface area contributed by atoms with Gasteiger partial charge in [0.1, 0.15) is 11.3 Å². The number of aromatic nitrogens is 1. The van der Waals surface area contributed by atoms with E-state index < -0.39 is 0 Å². The molecule has 1 aliphatic heterocycles. The van der Waals surface area contributed by atoms with Crippen molar-refractivity contribution in [1.82, 2.24) is 14.8 Å². The number of ether oxygens (including phenoxy) is 1. The highest BCUT2D eigenvalue weighted by atomic mass is 32.1. The zero-order valence-corrected chi connectivity index (χ0v) is 18.7. The number of benzene rings is 1. The van der Waals surface area contributed by atoms with Crippen LogP contribution >= 0.6 is 11.3 Å². The average Bonchev–Trinajstić information content (AvgIpc) is 3.37. The predicted molar refractivity (Wildman–Crippen MR) is 124 cm³/mol. The van der Waals surface area contributed by atoms with E-state index in [0.717, 1.165) is 16.2 Å². The second-order valence-corrected chi connectivity index (χ2v) is 8.56. The molecule has 1 aromatic carbocycles. The number of methoxy groups -OCH3 is 1. The second kappa shape index (κ2) is 9.82. The summed E-state index contributed by atoms with van der Waals surface area (Å²) in [6.45, 7) is 1.77. The minimum absolute atomic E-state index is 0.0751. The number of H-pyrrole nitrogens is 1. The molecule has 1 N–H and O–H groups in total. The number of nitrogens with one attached hydrogen (secondary N) is 1. The zero-order valence-electron chi connectivity index (χ0n) is 17.9. The van der Waals surface area contributed by atoms with Gasteiger partial charge in [-0.15, -0.1) is 11.3 Å². The number of carbonyl (C=O) groups excluding carboxylic acids is 2. The van der Waals surface area contributed by atoms with E-state index in [1.165, 1.54) is 11.3 Å². The molecular formula is C24H25N3O4S. The van der Waals surface area contributed by atoms with E-state index >= 15 is 0 Å². The van der Waals surface area contributed by atoms with E-state index in [9.17, 15) is 14.4 Å². The third-order valence-electron chi connectivity index (χ3n) is 5.63. The minimum atomic E-state index is -0.390. The molecule has 2 amide bonds. The lowest BCUT2D eigenvalue weighted by molar-refractivity contribution is -0.132. The van der Waals surface area contributed by atoms with Gasteiger partial charge in [0.05, 0.1) is 17.7 Å². The smallest absolute Gasteiger partial charge is 0.261 e. The molecule has 7 nitrogen and oxygen atoms in total. The standard InChI is InChI=1S/C24H25N3O4S/c1-31-18-7-4-17(5-8-18)6-11-22(28)26-12-14-27(15-13-26)24(30)19-9-10-20(25-23(19)29)21-3-2-16-32-21/h2-5,7-10,16H,6,11-15H2,1H3,(H,25,29). The van der Waals surface area contributed by atoms with Gasteiger partial charge < -0.3 is 19.5 Å². The van der Waals surface area contributed by atoms with Crippen molar-refractivity contribution in [3.8, 4) is 16.3 Å². The monoisotopic (exact) mass is 451 g/mol. The molecule has 2 aromatic heterocycles. The molecule has 0 atom stereocenters. The number of aromatic amines is 1. The summed E-state index contributed by atoms with van der Waals surface area (Å²) >= 11 is 1.53. The van der Waals surface area contributed by atoms with Gasteiger partial charge in [-0.1, -0.05) is 18.2 Å². The van der Waals surface area contributed by atoms with Crippen molar-refractivity contribution in [1.29, 1.82) is 0 Å². The Kier molecular flexibility index (Phi) is 6.70. The van der Waals surface area contributed by atoms with Crippen LogP contribution in [0.2, 0.25) is 0 Å². The topological polar surface area (TPSA) is 82.7 Å². The highest BCUT2D eigenvalue weighted by Gasteiger charge is 2.26. The molecule has 32 heavy (non-hydrogen) atoms. The highest BCUT2D eigenvalue weighted by Crippen LogP contribution is 2.21. The van der Waals surface area contributed by atoms with Gasteiger partial charge in [0.15, 0.2) is 0 Å². The molecule has 4 rings (SSSR count). The number of carbonyl (C=O) groups is 2. The maximum Gasteiger partial charge on any atom is 0.261 e. The summed E-state index contributed by atoms with van der Waals surface area (Å²) in [6, 6.07) is 14.9. The van der Waals surface area contributed by atoms with E-state index in [4.69, 9.17) is 4.74 Å². The molecule has 0 aliphatic carbocycles. The zero-order chi connectivity index (χ0) is 22.5. The molecule has 0 saturated carbocycles. The average molecular weight is 452 g/mol. The van der Waals surface area contributed by atoms with Crippen LogP contribution in [-0.2, 0) is 11.2 Å². The van der Waals surface area contributed by atoms with Crippen LogP contribution in [0.5, 0.6) is 5.75 Å². The molecule has 3 heterocycles. The lowest BCUT2D eigenvalue weighted by Crippen LogP contribution is -2.51. The summed E-state index contributed by atoms with van der Waals surface area (Å²) in [5.41, 5.74) is 1.52. The van der Waals surface area contributed by atoms with Gasteiger partial charge in [-0.05, 0) is 47.7 Å². The van der Waals surface area contributed by atoms with Crippen molar-refractivity contribution in [3.05, 3.63) is 75.4 Å². The van der Waals surface area contributed by atoms with Crippen LogP contribution in [0.25, 0.3) is 10.6 Å². The minimum Gasteiger partial charge on any atom is -0.497 e. The van der Waals surface area contributed by atoms with Gasteiger partial charge in [0, 0.05) is 32.6 Å². The molecular weight excluding hydrogens is 426 g/mol. The molecule has 8 heteroatoms. The first-order valence-electron chi connectivity index (χ1n) is 10.5. The molecule has 0 spiro atoms. The van der Waals surface area contributed by atoms with Crippen LogP contribution in [0, 0.1) is 0 Å². The maximum atomic E-state index is 12.9. The second-order valence-electron chi connectivity index (χ2n) is 7.61. The molecule has 166 valence electrons. The van der Waals surface area contributed by atoms with Crippen molar-refractivity contribution in [2.24, 2.45) is 0 Å². The largest absolute Gasteiger partial charge is 0.497 e. The van der Waals surface area contributed by atoms with Crippen LogP contribution in [0.4, 0.5) is 0 Å². The first kappa shape index (κ1) is 21.8. The number of hydrogen-bond donors (Lipinski definition) is 1. The Balaban J connectivity index is 1.30. The predicted octanol–water partition coefficient (Wildman–Crippen LogP) is 3.03. The fourth-order valence-electron chi connectivity index (χ4n) is 3.75. The fraction of sp³-hybridized carbons (Fsp3) is 0.292. The number of aryl methyl sites for hydroxylation is 1. The number of pyridine rings is 1. The van der Waals surface area contributed by atoms with E-state index in [0.29, 0.717) is 44.7 Å². The quantitative estimate of drug-likeness (QED) is 0.625. The first-order valence-corrected chi connectivity index (χ1v) is 11.4. The third kappa shape index (κ3) is 4.91. The van der Waals surface area contributed by atoms with Crippen molar-refractivity contribution in [3.63, 3.8) is 0 Å². The van der Waals surface area contributed by atoms with Crippen LogP contribution in [0.3, 0.4) is 0 Å². The summed E-state index contributed by atoms with van der Waals surface area (Å²) < 4.78 is 5.15. The van der Waals surface area contributed by atoms with Gasteiger partial charge in [-0.25, -0.2) is 0 Å². The SMILES string of the molecule is COc1ccc(CCC(=O)N2CCN(C(=O)c3ccc(-c4cccs4)[nH]c3=O)CC2)cc1. The fourth-order valence-corrected chi connectivity index (χ4v) is 4.46. The summed E-state index contributed by atoms with van der Waals surface area (Å²) in [7, 11) is 1.62. The third-order valence-corrected chi connectivity index (χ3v) is 6.54. The Hall–Kier alpha value is -3.39. The Labute approximate surface area is 190 Å². The lowest BCUT2D eigenvalue weighted by Gasteiger charge is -2.34. The van der Waals surface area contributed by atoms with E-state index in [-0.39, 0.29) is 22.9 Å². The van der Waals surface area contributed by atoms with E-state index in [1.807, 2.05) is 41.8 Å². The Bertz CT molecular complexity index is 1130. The van der Waals surface area contributed by atoms with Gasteiger partial charge in [-0.2, -0.15) is 0 Å². The molecule has 0 unspecified atom stereocenters. The Morgan fingerprint density at radius 1 is 1.00 bits per heavy atom. The van der Waals surface area contributed by atoms with E-state index in [2.05, 4.69) is 4.98 Å². The Morgan fingerprint density at radius 3 is 2.34 bits per heavy atom. The number of hydrogen-bond acceptors (Lipinski definition) is 5. The van der Waals surface area contributed by atoms with E-state index in [1.54, 1.807) is 29.0 Å². The van der Waals surface area contributed by atoms with Gasteiger partial charge in [0.25, 0.3) is 11.5 Å². The number of nitrogens with zero attached hydrogens (tertiary/aromatic N) is 2. The molecule has 0 bridgehead atoms. The summed E-state index contributed by atoms with van der Waals surface area (Å²) in [4.78, 5) is 45.1. The molecule has 1 saturated heterocycles. The molecule has 0 radical (unpaired) electrons. The molecule has 1 aliphatic rings. The Morgan fingerprint density at radius 2 is 1.72 bits per heavy atom. The number of amides is 2. The van der Waals surface area contributed by atoms with Gasteiger partial charge >= 0.3 is 0 Å². The van der Waals surface area contributed by atoms with Crippen LogP contribution in [0.1, 0.15) is 22.3 Å². The normalized spacial score (nSPS) is 13.8.